The van der Waals surface area contributed by atoms with E-state index < -0.39 is 20.0 Å². The quantitative estimate of drug-likeness (QED) is 0.704. The van der Waals surface area contributed by atoms with Gasteiger partial charge in [0.1, 0.15) is 4.90 Å². The van der Waals surface area contributed by atoms with Crippen LogP contribution in [-0.4, -0.2) is 47.2 Å². The van der Waals surface area contributed by atoms with Gasteiger partial charge in [-0.15, -0.1) is 0 Å². The van der Waals surface area contributed by atoms with Crippen molar-refractivity contribution in [3.63, 3.8) is 0 Å². The van der Waals surface area contributed by atoms with Gasteiger partial charge in [0.2, 0.25) is 15.9 Å². The Bertz CT molecular complexity index is 1260. The second kappa shape index (κ2) is 8.09. The Hall–Kier alpha value is -2.14. The smallest absolute Gasteiger partial charge is 0.261 e. The van der Waals surface area contributed by atoms with Gasteiger partial charge >= 0.3 is 0 Å². The van der Waals surface area contributed by atoms with Gasteiger partial charge in [0.25, 0.3) is 10.0 Å². The normalized spacial score (nSPS) is 17.6. The number of sulfonamides is 2. The number of hydrogen-bond acceptors (Lipinski definition) is 5. The summed E-state index contributed by atoms with van der Waals surface area (Å²) in [6.07, 6.45) is 2.66. The van der Waals surface area contributed by atoms with Crippen LogP contribution in [0.1, 0.15) is 24.8 Å². The maximum Gasteiger partial charge on any atom is 0.261 e. The standard InChI is InChI=1S/C20H22ClN3O5S2/c1-23-18-8-6-16(11-14(18)12-20(23)25)30(26,27)22-15-5-7-17(21)19(13-15)31(28,29)24-9-3-2-4-10-24/h5-8,11,13,22H,2-4,9-10,12H2,1H3. The van der Waals surface area contributed by atoms with Crippen LogP contribution in [0.5, 0.6) is 0 Å². The minimum Gasteiger partial charge on any atom is -0.315 e. The number of halogens is 1. The van der Waals surface area contributed by atoms with Crippen LogP contribution in [0.4, 0.5) is 11.4 Å². The molecule has 0 bridgehead atoms. The average Bonchev–Trinajstić information content (AvgIpc) is 3.03. The van der Waals surface area contributed by atoms with Gasteiger partial charge in [-0.25, -0.2) is 16.8 Å². The van der Waals surface area contributed by atoms with Crippen molar-refractivity contribution in [2.75, 3.05) is 29.8 Å². The topological polar surface area (TPSA) is 104 Å². The second-order valence-electron chi connectivity index (χ2n) is 7.64. The first-order valence-corrected chi connectivity index (χ1v) is 13.1. The fourth-order valence-corrected chi connectivity index (χ4v) is 6.95. The van der Waals surface area contributed by atoms with Crippen LogP contribution in [0.2, 0.25) is 5.02 Å². The van der Waals surface area contributed by atoms with E-state index in [9.17, 15) is 21.6 Å². The average molecular weight is 484 g/mol. The van der Waals surface area contributed by atoms with Crippen molar-refractivity contribution >= 4 is 48.9 Å². The number of piperidine rings is 1. The first-order valence-electron chi connectivity index (χ1n) is 9.81. The highest BCUT2D eigenvalue weighted by Gasteiger charge is 2.29. The third kappa shape index (κ3) is 4.17. The summed E-state index contributed by atoms with van der Waals surface area (Å²) in [7, 11) is -6.20. The molecule has 1 N–H and O–H groups in total. The molecule has 0 saturated carbocycles. The zero-order valence-electron chi connectivity index (χ0n) is 16.8. The SMILES string of the molecule is CN1C(=O)Cc2cc(S(=O)(=O)Nc3ccc(Cl)c(S(=O)(=O)N4CCCCC4)c3)ccc21. The van der Waals surface area contributed by atoms with E-state index in [2.05, 4.69) is 4.72 Å². The van der Waals surface area contributed by atoms with Crippen LogP contribution in [0.3, 0.4) is 0 Å². The monoisotopic (exact) mass is 483 g/mol. The lowest BCUT2D eigenvalue weighted by Crippen LogP contribution is -2.35. The van der Waals surface area contributed by atoms with Crippen LogP contribution in [0.15, 0.2) is 46.2 Å². The molecule has 8 nitrogen and oxygen atoms in total. The number of carbonyl (C=O) groups excluding carboxylic acids is 1. The predicted molar refractivity (Wildman–Crippen MR) is 118 cm³/mol. The van der Waals surface area contributed by atoms with Crippen molar-refractivity contribution in [3.05, 3.63) is 47.0 Å². The van der Waals surface area contributed by atoms with Gasteiger partial charge in [-0.05, 0) is 54.8 Å². The van der Waals surface area contributed by atoms with Crippen molar-refractivity contribution in [1.82, 2.24) is 4.31 Å². The van der Waals surface area contributed by atoms with Crippen LogP contribution in [0, 0.1) is 0 Å². The molecule has 31 heavy (non-hydrogen) atoms. The number of benzene rings is 2. The number of nitrogens with one attached hydrogen (secondary N) is 1. The lowest BCUT2D eigenvalue weighted by molar-refractivity contribution is -0.117. The van der Waals surface area contributed by atoms with E-state index >= 15 is 0 Å². The lowest BCUT2D eigenvalue weighted by atomic mass is 10.2. The molecule has 1 saturated heterocycles. The molecule has 0 spiro atoms. The summed E-state index contributed by atoms with van der Waals surface area (Å²) in [5.74, 6) is -0.109. The molecule has 0 aliphatic carbocycles. The van der Waals surface area contributed by atoms with E-state index in [0.717, 1.165) is 19.3 Å². The van der Waals surface area contributed by atoms with Gasteiger partial charge in [0, 0.05) is 25.8 Å². The van der Waals surface area contributed by atoms with Crippen LogP contribution < -0.4 is 9.62 Å². The zero-order chi connectivity index (χ0) is 22.4. The Kier molecular flexibility index (Phi) is 5.76. The predicted octanol–water partition coefficient (Wildman–Crippen LogP) is 2.83. The number of likely N-dealkylation sites (N-methyl/N-ethyl adjacent to an activating group) is 1. The summed E-state index contributed by atoms with van der Waals surface area (Å²) in [4.78, 5) is 13.2. The van der Waals surface area contributed by atoms with Crippen LogP contribution in [0.25, 0.3) is 0 Å². The molecule has 0 unspecified atom stereocenters. The molecule has 0 aromatic heterocycles. The Morgan fingerprint density at radius 2 is 1.68 bits per heavy atom. The fourth-order valence-electron chi connectivity index (χ4n) is 3.84. The summed E-state index contributed by atoms with van der Waals surface area (Å²) < 4.78 is 55.6. The third-order valence-electron chi connectivity index (χ3n) is 5.55. The molecule has 2 aromatic rings. The van der Waals surface area contributed by atoms with Gasteiger partial charge in [0.05, 0.1) is 22.0 Å². The van der Waals surface area contributed by atoms with Gasteiger partial charge in [-0.2, -0.15) is 4.31 Å². The Morgan fingerprint density at radius 1 is 0.968 bits per heavy atom. The van der Waals surface area contributed by atoms with E-state index in [-0.39, 0.29) is 32.8 Å². The summed E-state index contributed by atoms with van der Waals surface area (Å²) >= 11 is 6.16. The largest absolute Gasteiger partial charge is 0.315 e. The zero-order valence-corrected chi connectivity index (χ0v) is 19.2. The van der Waals surface area contributed by atoms with Gasteiger partial charge in [-0.3, -0.25) is 9.52 Å². The lowest BCUT2D eigenvalue weighted by Gasteiger charge is -2.26. The highest BCUT2D eigenvalue weighted by atomic mass is 35.5. The number of amides is 1. The molecule has 0 atom stereocenters. The first-order chi connectivity index (χ1) is 14.6. The summed E-state index contributed by atoms with van der Waals surface area (Å²) in [6, 6.07) is 8.49. The van der Waals surface area contributed by atoms with E-state index in [4.69, 9.17) is 11.6 Å². The molecule has 1 fully saturated rings. The Balaban J connectivity index is 1.63. The Morgan fingerprint density at radius 3 is 2.39 bits per heavy atom. The van der Waals surface area contributed by atoms with Gasteiger partial charge in [0.15, 0.2) is 0 Å². The molecule has 2 aliphatic heterocycles. The van der Waals surface area contributed by atoms with Crippen molar-refractivity contribution in [2.45, 2.75) is 35.5 Å². The minimum atomic E-state index is -4.00. The molecule has 2 aliphatic rings. The van der Waals surface area contributed by atoms with Crippen molar-refractivity contribution in [2.24, 2.45) is 0 Å². The minimum absolute atomic E-state index is 0.00950. The maximum absolute atomic E-state index is 13.0. The molecule has 2 heterocycles. The molecule has 11 heteroatoms. The van der Waals surface area contributed by atoms with E-state index in [1.165, 1.54) is 39.5 Å². The van der Waals surface area contributed by atoms with Gasteiger partial charge < -0.3 is 4.90 Å². The molecule has 4 rings (SSSR count). The van der Waals surface area contributed by atoms with Gasteiger partial charge in [-0.1, -0.05) is 18.0 Å². The second-order valence-corrected chi connectivity index (χ2v) is 11.6. The molecular weight excluding hydrogens is 462 g/mol. The summed E-state index contributed by atoms with van der Waals surface area (Å²) in [5.41, 5.74) is 1.39. The number of fused-ring (bicyclic) bond motifs is 1. The van der Waals surface area contributed by atoms with Crippen LogP contribution in [-0.2, 0) is 31.3 Å². The molecular formula is C20H22ClN3O5S2. The van der Waals surface area contributed by atoms with Crippen molar-refractivity contribution < 1.29 is 21.6 Å². The third-order valence-corrected chi connectivity index (χ3v) is 9.31. The molecule has 2 aromatic carbocycles. The number of rotatable bonds is 5. The van der Waals surface area contributed by atoms with Crippen LogP contribution >= 0.6 is 11.6 Å². The highest BCUT2D eigenvalue weighted by Crippen LogP contribution is 2.32. The number of hydrogen-bond donors (Lipinski definition) is 1. The number of nitrogens with zero attached hydrogens (tertiary/aromatic N) is 2. The first kappa shape index (κ1) is 22.1. The van der Waals surface area contributed by atoms with Crippen molar-refractivity contribution in [1.29, 1.82) is 0 Å². The number of carbonyl (C=O) groups is 1. The molecule has 166 valence electrons. The maximum atomic E-state index is 13.0. The number of anilines is 2. The molecule has 1 amide bonds. The summed E-state index contributed by atoms with van der Waals surface area (Å²) in [5, 5.41) is 0.0348. The fraction of sp³-hybridized carbons (Fsp3) is 0.350. The van der Waals surface area contributed by atoms with E-state index in [1.54, 1.807) is 13.1 Å². The van der Waals surface area contributed by atoms with Crippen molar-refractivity contribution in [3.8, 4) is 0 Å². The highest BCUT2D eigenvalue weighted by molar-refractivity contribution is 7.92. The van der Waals surface area contributed by atoms with E-state index in [1.807, 2.05) is 0 Å². The Labute approximate surface area is 186 Å². The van der Waals surface area contributed by atoms with E-state index in [0.29, 0.717) is 24.3 Å². The summed E-state index contributed by atoms with van der Waals surface area (Å²) in [6.45, 7) is 0.827. The molecule has 0 radical (unpaired) electrons.